The summed E-state index contributed by atoms with van der Waals surface area (Å²) in [5.74, 6) is 0.891. The van der Waals surface area contributed by atoms with E-state index in [0.29, 0.717) is 5.58 Å². The molecule has 0 spiro atoms. The quantitative estimate of drug-likeness (QED) is 0.597. The Morgan fingerprint density at radius 2 is 1.82 bits per heavy atom. The van der Waals surface area contributed by atoms with E-state index in [9.17, 15) is 4.79 Å². The molecule has 0 amide bonds. The summed E-state index contributed by atoms with van der Waals surface area (Å²) < 4.78 is 11.8. The predicted octanol–water partition coefficient (Wildman–Crippen LogP) is 4.67. The zero-order chi connectivity index (χ0) is 16.1. The van der Waals surface area contributed by atoms with E-state index in [1.807, 2.05) is 12.1 Å². The lowest BCUT2D eigenvalue weighted by molar-refractivity contribution is 0.491. The van der Waals surface area contributed by atoms with Crippen LogP contribution in [-0.4, -0.2) is 8.32 Å². The first-order valence-electron chi connectivity index (χ1n) is 7.97. The van der Waals surface area contributed by atoms with Crippen LogP contribution in [-0.2, 0) is 12.8 Å². The van der Waals surface area contributed by atoms with Gasteiger partial charge in [0.1, 0.15) is 11.3 Å². The Kier molecular flexibility index (Phi) is 3.48. The molecule has 1 aliphatic carbocycles. The molecule has 1 aliphatic rings. The van der Waals surface area contributed by atoms with Gasteiger partial charge in [-0.3, -0.25) is 0 Å². The van der Waals surface area contributed by atoms with Gasteiger partial charge < -0.3 is 8.84 Å². The van der Waals surface area contributed by atoms with Crippen LogP contribution in [0.3, 0.4) is 0 Å². The largest absolute Gasteiger partial charge is 0.543 e. The normalized spacial score (nSPS) is 15.1. The third-order valence-corrected chi connectivity index (χ3v) is 9.48. The molecule has 2 aromatic rings. The molecule has 0 radical (unpaired) electrons. The Balaban J connectivity index is 2.08. The molecule has 22 heavy (non-hydrogen) atoms. The zero-order valence-corrected chi connectivity index (χ0v) is 15.1. The minimum Gasteiger partial charge on any atom is -0.543 e. The van der Waals surface area contributed by atoms with Crippen LogP contribution in [0.5, 0.6) is 5.75 Å². The van der Waals surface area contributed by atoms with Gasteiger partial charge in [0.05, 0.1) is 0 Å². The summed E-state index contributed by atoms with van der Waals surface area (Å²) in [5, 5.41) is 1.20. The average molecular weight is 316 g/mol. The Labute approximate surface area is 132 Å². The molecule has 0 saturated carbocycles. The van der Waals surface area contributed by atoms with Crippen molar-refractivity contribution in [3.8, 4) is 5.75 Å². The molecule has 0 unspecified atom stereocenters. The first-order valence-corrected chi connectivity index (χ1v) is 10.9. The number of rotatable bonds is 2. The predicted molar refractivity (Wildman–Crippen MR) is 92.3 cm³/mol. The van der Waals surface area contributed by atoms with Gasteiger partial charge in [-0.25, -0.2) is 4.79 Å². The third kappa shape index (κ3) is 2.49. The van der Waals surface area contributed by atoms with Gasteiger partial charge in [0.25, 0.3) is 0 Å². The van der Waals surface area contributed by atoms with Crippen LogP contribution in [0.15, 0.2) is 27.4 Å². The summed E-state index contributed by atoms with van der Waals surface area (Å²) in [4.78, 5) is 12.0. The highest BCUT2D eigenvalue weighted by molar-refractivity contribution is 6.74. The highest BCUT2D eigenvalue weighted by Crippen LogP contribution is 2.38. The van der Waals surface area contributed by atoms with Crippen LogP contribution >= 0.6 is 0 Å². The highest BCUT2D eigenvalue weighted by atomic mass is 28.4. The van der Waals surface area contributed by atoms with Crippen molar-refractivity contribution in [2.24, 2.45) is 0 Å². The topological polar surface area (TPSA) is 39.4 Å². The van der Waals surface area contributed by atoms with Gasteiger partial charge in [0, 0.05) is 10.9 Å². The Morgan fingerprint density at radius 1 is 1.14 bits per heavy atom. The number of hydrogen-bond donors (Lipinski definition) is 0. The van der Waals surface area contributed by atoms with E-state index in [4.69, 9.17) is 8.84 Å². The fourth-order valence-electron chi connectivity index (χ4n) is 2.77. The van der Waals surface area contributed by atoms with Crippen LogP contribution in [0.1, 0.15) is 38.3 Å². The second kappa shape index (κ2) is 4.98. The van der Waals surface area contributed by atoms with Gasteiger partial charge in [-0.15, -0.1) is 0 Å². The van der Waals surface area contributed by atoms with Gasteiger partial charge in [-0.05, 0) is 61.2 Å². The highest BCUT2D eigenvalue weighted by Gasteiger charge is 2.39. The molecule has 1 aromatic carbocycles. The maximum atomic E-state index is 12.0. The van der Waals surface area contributed by atoms with E-state index in [1.54, 1.807) is 0 Å². The number of aryl methyl sites for hydroxylation is 1. The summed E-state index contributed by atoms with van der Waals surface area (Å²) in [6.45, 7) is 11.2. The van der Waals surface area contributed by atoms with Gasteiger partial charge in [0.2, 0.25) is 8.32 Å². The van der Waals surface area contributed by atoms with Crippen LogP contribution in [0.2, 0.25) is 18.1 Å². The first kappa shape index (κ1) is 15.3. The van der Waals surface area contributed by atoms with E-state index < -0.39 is 8.32 Å². The van der Waals surface area contributed by atoms with Crippen molar-refractivity contribution in [2.45, 2.75) is 58.2 Å². The van der Waals surface area contributed by atoms with Gasteiger partial charge in [-0.1, -0.05) is 20.8 Å². The van der Waals surface area contributed by atoms with E-state index >= 15 is 0 Å². The number of benzene rings is 1. The molecule has 3 nitrogen and oxygen atoms in total. The molecule has 3 rings (SSSR count). The maximum Gasteiger partial charge on any atom is 0.339 e. The summed E-state index contributed by atoms with van der Waals surface area (Å²) >= 11 is 0. The summed E-state index contributed by atoms with van der Waals surface area (Å²) in [7, 11) is -1.86. The molecule has 0 saturated heterocycles. The van der Waals surface area contributed by atoms with Crippen LogP contribution in [0.4, 0.5) is 0 Å². The molecule has 0 atom stereocenters. The minimum absolute atomic E-state index is 0.160. The van der Waals surface area contributed by atoms with E-state index in [2.05, 4.69) is 39.9 Å². The standard InChI is InChI=1S/C18H24O3Si/c1-18(2,3)22(4,5)21-12-9-10-16-15(11-12)13-7-6-8-14(13)17(19)20-16/h9-11H,6-8H2,1-5H3. The second-order valence-electron chi connectivity index (χ2n) is 7.72. The molecular formula is C18H24O3Si. The van der Waals surface area contributed by atoms with Crippen molar-refractivity contribution in [1.82, 2.24) is 0 Å². The van der Waals surface area contributed by atoms with Gasteiger partial charge in [0.15, 0.2) is 0 Å². The SMILES string of the molecule is CC(C)(C)[Si](C)(C)Oc1ccc2oc(=O)c3c(c2c1)CCC3. The minimum atomic E-state index is -1.86. The molecule has 0 N–H and O–H groups in total. The van der Waals surface area contributed by atoms with Crippen molar-refractivity contribution in [2.75, 3.05) is 0 Å². The van der Waals surface area contributed by atoms with Gasteiger partial charge >= 0.3 is 5.63 Å². The lowest BCUT2D eigenvalue weighted by atomic mass is 10.1. The van der Waals surface area contributed by atoms with Crippen molar-refractivity contribution < 1.29 is 8.84 Å². The Hall–Kier alpha value is -1.55. The fourth-order valence-corrected chi connectivity index (χ4v) is 3.80. The lowest BCUT2D eigenvalue weighted by Gasteiger charge is -2.36. The van der Waals surface area contributed by atoms with Crippen LogP contribution in [0, 0.1) is 0 Å². The van der Waals surface area contributed by atoms with Gasteiger partial charge in [-0.2, -0.15) is 0 Å². The van der Waals surface area contributed by atoms with E-state index in [0.717, 1.165) is 41.5 Å². The number of fused-ring (bicyclic) bond motifs is 3. The van der Waals surface area contributed by atoms with Crippen molar-refractivity contribution in [3.63, 3.8) is 0 Å². The molecular weight excluding hydrogens is 292 g/mol. The van der Waals surface area contributed by atoms with Crippen molar-refractivity contribution in [3.05, 3.63) is 39.7 Å². The molecule has 1 aromatic heterocycles. The van der Waals surface area contributed by atoms with Crippen molar-refractivity contribution >= 4 is 19.3 Å². The third-order valence-electron chi connectivity index (χ3n) is 5.12. The molecule has 1 heterocycles. The smallest absolute Gasteiger partial charge is 0.339 e. The van der Waals surface area contributed by atoms with Crippen LogP contribution < -0.4 is 10.1 Å². The van der Waals surface area contributed by atoms with Crippen LogP contribution in [0.25, 0.3) is 11.0 Å². The average Bonchev–Trinajstić information content (AvgIpc) is 2.88. The van der Waals surface area contributed by atoms with E-state index in [-0.39, 0.29) is 10.7 Å². The molecule has 0 aliphatic heterocycles. The zero-order valence-electron chi connectivity index (χ0n) is 14.1. The monoisotopic (exact) mass is 316 g/mol. The Bertz CT molecular complexity index is 781. The fraction of sp³-hybridized carbons (Fsp3) is 0.500. The molecule has 118 valence electrons. The van der Waals surface area contributed by atoms with Crippen molar-refractivity contribution in [1.29, 1.82) is 0 Å². The number of hydrogen-bond acceptors (Lipinski definition) is 3. The Morgan fingerprint density at radius 3 is 2.50 bits per heavy atom. The lowest BCUT2D eigenvalue weighted by Crippen LogP contribution is -2.43. The van der Waals surface area contributed by atoms with E-state index in [1.165, 1.54) is 0 Å². The summed E-state index contributed by atoms with van der Waals surface area (Å²) in [5.41, 5.74) is 2.52. The maximum absolute atomic E-state index is 12.0. The molecule has 4 heteroatoms. The molecule has 0 bridgehead atoms. The molecule has 0 fully saturated rings. The summed E-state index contributed by atoms with van der Waals surface area (Å²) in [6, 6.07) is 5.85. The second-order valence-corrected chi connectivity index (χ2v) is 12.4. The first-order chi connectivity index (χ1) is 10.2. The summed E-state index contributed by atoms with van der Waals surface area (Å²) in [6.07, 6.45) is 2.83.